The topological polar surface area (TPSA) is 57.5 Å². The van der Waals surface area contributed by atoms with Crippen LogP contribution in [0.5, 0.6) is 11.5 Å². The highest BCUT2D eigenvalue weighted by Crippen LogP contribution is 2.30. The van der Waals surface area contributed by atoms with Crippen LogP contribution in [-0.4, -0.2) is 22.9 Å². The zero-order valence-electron chi connectivity index (χ0n) is 11.9. The number of nitrogens with zero attached hydrogens (tertiary/aromatic N) is 1. The van der Waals surface area contributed by atoms with Crippen molar-refractivity contribution >= 4 is 11.8 Å². The molecule has 108 valence electrons. The number of benzene rings is 1. The van der Waals surface area contributed by atoms with Gasteiger partial charge in [0.15, 0.2) is 5.75 Å². The number of rotatable bonds is 4. The second-order valence-electron chi connectivity index (χ2n) is 4.84. The maximum absolute atomic E-state index is 12.5. The van der Waals surface area contributed by atoms with Crippen molar-refractivity contribution in [3.63, 3.8) is 0 Å². The first-order valence-electron chi connectivity index (χ1n) is 6.77. The second kappa shape index (κ2) is 5.09. The summed E-state index contributed by atoms with van der Waals surface area (Å²) in [7, 11) is 1.77. The first-order chi connectivity index (χ1) is 10.1. The molecule has 3 rings (SSSR count). The van der Waals surface area contributed by atoms with Gasteiger partial charge in [-0.25, -0.2) is 0 Å². The highest BCUT2D eigenvalue weighted by atomic mass is 16.5. The van der Waals surface area contributed by atoms with E-state index in [1.807, 2.05) is 6.92 Å². The van der Waals surface area contributed by atoms with E-state index in [1.54, 1.807) is 41.9 Å². The Morgan fingerprint density at radius 2 is 2.05 bits per heavy atom. The minimum absolute atomic E-state index is 0.106. The van der Waals surface area contributed by atoms with Gasteiger partial charge >= 0.3 is 5.97 Å². The normalized spacial score (nSPS) is 13.0. The lowest BCUT2D eigenvalue weighted by Gasteiger charge is -2.06. The fraction of sp³-hybridized carbons (Fsp3) is 0.250. The van der Waals surface area contributed by atoms with Crippen LogP contribution in [0.2, 0.25) is 0 Å². The van der Waals surface area contributed by atoms with Crippen LogP contribution in [0.1, 0.15) is 28.7 Å². The van der Waals surface area contributed by atoms with E-state index in [2.05, 4.69) is 0 Å². The molecule has 0 radical (unpaired) electrons. The number of carbonyl (C=O) groups excluding carboxylic acids is 2. The summed E-state index contributed by atoms with van der Waals surface area (Å²) in [4.78, 5) is 23.8. The Bertz CT molecular complexity index is 713. The molecule has 0 unspecified atom stereocenters. The average molecular weight is 285 g/mol. The van der Waals surface area contributed by atoms with Crippen LogP contribution >= 0.6 is 0 Å². The van der Waals surface area contributed by atoms with Crippen LogP contribution in [0.3, 0.4) is 0 Å². The largest absolute Gasteiger partial charge is 0.494 e. The lowest BCUT2D eigenvalue weighted by molar-refractivity contribution is -0.131. The minimum Gasteiger partial charge on any atom is -0.494 e. The molecule has 5 nitrogen and oxygen atoms in total. The summed E-state index contributed by atoms with van der Waals surface area (Å²) in [6, 6.07) is 8.63. The van der Waals surface area contributed by atoms with Gasteiger partial charge < -0.3 is 14.0 Å². The molecule has 0 fully saturated rings. The molecule has 0 amide bonds. The van der Waals surface area contributed by atoms with Crippen LogP contribution in [0.25, 0.3) is 0 Å². The molecule has 0 atom stereocenters. The molecule has 0 N–H and O–H groups in total. The molecular weight excluding hydrogens is 270 g/mol. The zero-order chi connectivity index (χ0) is 15.0. The summed E-state index contributed by atoms with van der Waals surface area (Å²) in [5.74, 6) is 0.829. The monoisotopic (exact) mass is 285 g/mol. The quantitative estimate of drug-likeness (QED) is 0.638. The van der Waals surface area contributed by atoms with E-state index in [1.165, 1.54) is 0 Å². The van der Waals surface area contributed by atoms with E-state index in [4.69, 9.17) is 9.47 Å². The fourth-order valence-electron chi connectivity index (χ4n) is 2.44. The molecule has 5 heteroatoms. The fourth-order valence-corrected chi connectivity index (χ4v) is 2.44. The van der Waals surface area contributed by atoms with Crippen molar-refractivity contribution in [2.75, 3.05) is 6.61 Å². The van der Waals surface area contributed by atoms with Crippen molar-refractivity contribution in [2.24, 2.45) is 7.05 Å². The van der Waals surface area contributed by atoms with Crippen LogP contribution in [0.4, 0.5) is 0 Å². The molecule has 0 spiro atoms. The average Bonchev–Trinajstić information content (AvgIpc) is 2.98. The highest BCUT2D eigenvalue weighted by molar-refractivity contribution is 6.08. The summed E-state index contributed by atoms with van der Waals surface area (Å²) in [6.07, 6.45) is 0.211. The summed E-state index contributed by atoms with van der Waals surface area (Å²) in [5.41, 5.74) is 1.83. The number of hydrogen-bond donors (Lipinski definition) is 0. The Hall–Kier alpha value is -2.56. The van der Waals surface area contributed by atoms with Gasteiger partial charge in [0.1, 0.15) is 5.75 Å². The van der Waals surface area contributed by atoms with Gasteiger partial charge in [-0.05, 0) is 31.2 Å². The maximum atomic E-state index is 12.5. The first kappa shape index (κ1) is 13.4. The molecule has 0 saturated heterocycles. The molecule has 21 heavy (non-hydrogen) atoms. The van der Waals surface area contributed by atoms with E-state index in [-0.39, 0.29) is 18.2 Å². The lowest BCUT2D eigenvalue weighted by Crippen LogP contribution is -2.11. The summed E-state index contributed by atoms with van der Waals surface area (Å²) < 4.78 is 12.2. The molecule has 0 saturated carbocycles. The van der Waals surface area contributed by atoms with Crippen molar-refractivity contribution in [2.45, 2.75) is 13.3 Å². The van der Waals surface area contributed by atoms with Gasteiger partial charge in [0.2, 0.25) is 5.78 Å². The third-order valence-electron chi connectivity index (χ3n) is 3.51. The Labute approximate surface area is 122 Å². The number of carbonyl (C=O) groups is 2. The minimum atomic E-state index is -0.282. The Morgan fingerprint density at radius 1 is 1.33 bits per heavy atom. The van der Waals surface area contributed by atoms with Crippen LogP contribution in [0, 0.1) is 0 Å². The maximum Gasteiger partial charge on any atom is 0.317 e. The van der Waals surface area contributed by atoms with E-state index >= 15 is 0 Å². The second-order valence-corrected chi connectivity index (χ2v) is 4.84. The first-order valence-corrected chi connectivity index (χ1v) is 6.77. The van der Waals surface area contributed by atoms with Gasteiger partial charge in [0.05, 0.1) is 24.4 Å². The van der Waals surface area contributed by atoms with Crippen LogP contribution in [-0.2, 0) is 18.3 Å². The van der Waals surface area contributed by atoms with Gasteiger partial charge in [-0.2, -0.15) is 0 Å². The number of hydrogen-bond acceptors (Lipinski definition) is 4. The predicted octanol–water partition coefficient (Wildman–Crippen LogP) is 2.12. The van der Waals surface area contributed by atoms with Crippen LogP contribution in [0.15, 0.2) is 30.3 Å². The standard InChI is InChI=1S/C16H15NO4/c1-3-20-11-6-4-10(5-7-11)16(19)13-8-14-12(17(13)2)9-15(18)21-14/h4-8H,3,9H2,1-2H3. The molecule has 1 aliphatic heterocycles. The number of ketones is 1. The van der Waals surface area contributed by atoms with Crippen LogP contribution < -0.4 is 9.47 Å². The molecule has 1 aromatic carbocycles. The Kier molecular flexibility index (Phi) is 3.25. The van der Waals surface area contributed by atoms with E-state index in [0.29, 0.717) is 23.6 Å². The van der Waals surface area contributed by atoms with E-state index in [0.717, 1.165) is 11.4 Å². The molecule has 1 aromatic heterocycles. The van der Waals surface area contributed by atoms with E-state index in [9.17, 15) is 9.59 Å². The molecular formula is C16H15NO4. The lowest BCUT2D eigenvalue weighted by atomic mass is 10.1. The van der Waals surface area contributed by atoms with Gasteiger partial charge in [0.25, 0.3) is 0 Å². The highest BCUT2D eigenvalue weighted by Gasteiger charge is 2.28. The number of fused-ring (bicyclic) bond motifs is 1. The van der Waals surface area contributed by atoms with E-state index < -0.39 is 0 Å². The summed E-state index contributed by atoms with van der Waals surface area (Å²) in [6.45, 7) is 2.50. The molecule has 0 aliphatic carbocycles. The molecule has 2 heterocycles. The van der Waals surface area contributed by atoms with Gasteiger partial charge in [-0.3, -0.25) is 9.59 Å². The molecule has 1 aliphatic rings. The third-order valence-corrected chi connectivity index (χ3v) is 3.51. The number of esters is 1. The van der Waals surface area contributed by atoms with Crippen molar-refractivity contribution in [3.05, 3.63) is 47.3 Å². The predicted molar refractivity (Wildman–Crippen MR) is 75.8 cm³/mol. The van der Waals surface area contributed by atoms with Crippen molar-refractivity contribution < 1.29 is 19.1 Å². The molecule has 2 aromatic rings. The van der Waals surface area contributed by atoms with Crippen molar-refractivity contribution in [1.82, 2.24) is 4.57 Å². The zero-order valence-corrected chi connectivity index (χ0v) is 11.9. The summed E-state index contributed by atoms with van der Waals surface area (Å²) >= 11 is 0. The van der Waals surface area contributed by atoms with Gasteiger partial charge in [-0.1, -0.05) is 0 Å². The molecule has 0 bridgehead atoms. The smallest absolute Gasteiger partial charge is 0.317 e. The van der Waals surface area contributed by atoms with Crippen molar-refractivity contribution in [3.8, 4) is 11.5 Å². The van der Waals surface area contributed by atoms with Crippen molar-refractivity contribution in [1.29, 1.82) is 0 Å². The Balaban J connectivity index is 1.89. The number of aromatic nitrogens is 1. The van der Waals surface area contributed by atoms with Gasteiger partial charge in [0, 0.05) is 18.7 Å². The third kappa shape index (κ3) is 2.31. The Morgan fingerprint density at radius 3 is 2.67 bits per heavy atom. The summed E-state index contributed by atoms with van der Waals surface area (Å²) in [5, 5.41) is 0. The SMILES string of the molecule is CCOc1ccc(C(=O)c2cc3c(n2C)CC(=O)O3)cc1. The number of ether oxygens (including phenoxy) is 2. The van der Waals surface area contributed by atoms with Gasteiger partial charge in [-0.15, -0.1) is 0 Å².